The van der Waals surface area contributed by atoms with E-state index in [1.165, 1.54) is 49.2 Å². The Morgan fingerprint density at radius 2 is 1.96 bits per heavy atom. The zero-order valence-electron chi connectivity index (χ0n) is 25.4. The summed E-state index contributed by atoms with van der Waals surface area (Å²) >= 11 is 1.40. The van der Waals surface area contributed by atoms with Crippen LogP contribution < -0.4 is 20.1 Å². The van der Waals surface area contributed by atoms with Gasteiger partial charge in [0, 0.05) is 46.1 Å². The van der Waals surface area contributed by atoms with E-state index in [2.05, 4.69) is 30.1 Å². The molecule has 0 saturated heterocycles. The van der Waals surface area contributed by atoms with E-state index in [-0.39, 0.29) is 31.6 Å². The normalized spacial score (nSPS) is 11.6. The summed E-state index contributed by atoms with van der Waals surface area (Å²) in [6, 6.07) is 11.2. The topological polar surface area (TPSA) is 181 Å². The van der Waals surface area contributed by atoms with Crippen molar-refractivity contribution < 1.29 is 42.0 Å². The number of methoxy groups -OCH3 is 1. The molecule has 14 nitrogen and oxygen atoms in total. The van der Waals surface area contributed by atoms with Crippen LogP contribution in [0.1, 0.15) is 11.8 Å². The summed E-state index contributed by atoms with van der Waals surface area (Å²) in [7, 11) is -3.00. The number of amides is 1. The van der Waals surface area contributed by atoms with Crippen LogP contribution in [0.5, 0.6) is 11.5 Å². The number of nitrogens with one attached hydrogen (secondary N) is 2. The van der Waals surface area contributed by atoms with Gasteiger partial charge in [0.2, 0.25) is 5.91 Å². The van der Waals surface area contributed by atoms with Crippen LogP contribution in [0, 0.1) is 5.82 Å². The first kappa shape index (κ1) is 33.9. The molecule has 0 aliphatic rings. The fourth-order valence-corrected chi connectivity index (χ4v) is 5.74. The van der Waals surface area contributed by atoms with Gasteiger partial charge in [0.05, 0.1) is 25.7 Å². The summed E-state index contributed by atoms with van der Waals surface area (Å²) in [6.45, 7) is 3.54. The Bertz CT molecular complexity index is 1880. The van der Waals surface area contributed by atoms with Crippen molar-refractivity contribution >= 4 is 53.5 Å². The predicted molar refractivity (Wildman–Crippen MR) is 174 cm³/mol. The molecule has 17 heteroatoms. The highest BCUT2D eigenvalue weighted by Gasteiger charge is 2.17. The first-order valence-electron chi connectivity index (χ1n) is 14.3. The van der Waals surface area contributed by atoms with Gasteiger partial charge in [-0.15, -0.1) is 11.3 Å². The standard InChI is InChI=1S/C30H32FN6O8PS/c1-3-37(8-10-45-46(39,40)41)7-9-43-27-15-24-23(14-26(27)42-2)29(33-18-32-24)36-30-35-25(16-44-30)19-11-22(47-17-19)13-28(38)34-21-6-4-5-20(31)12-21/h4-6,11-12,14-18H,3,7-10,13H2,1-2H3,(H,34,38)(H2,39,40,41)(H,32,33,35,36). The molecule has 0 saturated carbocycles. The molecule has 4 N–H and O–H groups in total. The average molecular weight is 687 g/mol. The third-order valence-corrected chi connectivity index (χ3v) is 8.28. The van der Waals surface area contributed by atoms with Crippen molar-refractivity contribution in [1.29, 1.82) is 0 Å². The van der Waals surface area contributed by atoms with Gasteiger partial charge in [-0.1, -0.05) is 13.0 Å². The van der Waals surface area contributed by atoms with Gasteiger partial charge in [-0.2, -0.15) is 4.98 Å². The van der Waals surface area contributed by atoms with Gasteiger partial charge in [0.1, 0.15) is 36.5 Å². The number of carbonyl (C=O) groups excluding carboxylic acids is 1. The lowest BCUT2D eigenvalue weighted by molar-refractivity contribution is -0.115. The summed E-state index contributed by atoms with van der Waals surface area (Å²) in [4.78, 5) is 46.2. The molecular weight excluding hydrogens is 654 g/mol. The quantitative estimate of drug-likeness (QED) is 0.0992. The maximum Gasteiger partial charge on any atom is 0.469 e. The Hall–Kier alpha value is -4.44. The summed E-state index contributed by atoms with van der Waals surface area (Å²) in [5.41, 5.74) is 2.29. The smallest absolute Gasteiger partial charge is 0.469 e. The second-order valence-corrected chi connectivity index (χ2v) is 12.3. The number of hydrogen-bond donors (Lipinski definition) is 4. The molecule has 0 unspecified atom stereocenters. The highest BCUT2D eigenvalue weighted by molar-refractivity contribution is 7.46. The lowest BCUT2D eigenvalue weighted by Gasteiger charge is -2.21. The van der Waals surface area contributed by atoms with Crippen molar-refractivity contribution in [1.82, 2.24) is 19.9 Å². The van der Waals surface area contributed by atoms with E-state index in [1.54, 1.807) is 18.2 Å². The van der Waals surface area contributed by atoms with Crippen molar-refractivity contribution in [2.45, 2.75) is 13.3 Å². The summed E-state index contributed by atoms with van der Waals surface area (Å²) in [6.07, 6.45) is 3.01. The summed E-state index contributed by atoms with van der Waals surface area (Å²) in [5.74, 6) is 0.645. The number of phosphoric acid groups is 1. The van der Waals surface area contributed by atoms with Gasteiger partial charge >= 0.3 is 13.8 Å². The first-order valence-corrected chi connectivity index (χ1v) is 16.7. The molecule has 0 fully saturated rings. The van der Waals surface area contributed by atoms with Gasteiger partial charge in [0.25, 0.3) is 0 Å². The molecule has 0 bridgehead atoms. The second-order valence-electron chi connectivity index (χ2n) is 10.0. The zero-order valence-corrected chi connectivity index (χ0v) is 27.1. The van der Waals surface area contributed by atoms with E-state index < -0.39 is 13.6 Å². The number of benzene rings is 2. The molecule has 0 spiro atoms. The van der Waals surface area contributed by atoms with Crippen LogP contribution in [0.2, 0.25) is 0 Å². The molecule has 2 aromatic carbocycles. The number of anilines is 3. The molecule has 47 heavy (non-hydrogen) atoms. The average Bonchev–Trinajstić information content (AvgIpc) is 3.69. The van der Waals surface area contributed by atoms with Gasteiger partial charge in [-0.05, 0) is 36.9 Å². The van der Waals surface area contributed by atoms with Gasteiger partial charge < -0.3 is 29.0 Å². The Kier molecular flexibility index (Phi) is 11.1. The number of oxazole rings is 1. The molecule has 0 aliphatic heterocycles. The third kappa shape index (κ3) is 9.54. The fraction of sp³-hybridized carbons (Fsp3) is 0.267. The zero-order chi connectivity index (χ0) is 33.4. The van der Waals surface area contributed by atoms with E-state index >= 15 is 0 Å². The number of thiophene rings is 1. The Balaban J connectivity index is 1.21. The number of hydrogen-bond acceptors (Lipinski definition) is 12. The molecule has 3 aromatic heterocycles. The Morgan fingerprint density at radius 3 is 2.72 bits per heavy atom. The molecule has 3 heterocycles. The fourth-order valence-electron chi connectivity index (χ4n) is 4.54. The Labute approximate surface area is 272 Å². The van der Waals surface area contributed by atoms with Crippen LogP contribution in [-0.4, -0.2) is 75.5 Å². The van der Waals surface area contributed by atoms with Crippen LogP contribution in [0.15, 0.2) is 64.9 Å². The molecule has 248 valence electrons. The molecule has 5 aromatic rings. The van der Waals surface area contributed by atoms with Crippen molar-refractivity contribution in [3.63, 3.8) is 0 Å². The lowest BCUT2D eigenvalue weighted by Crippen LogP contribution is -2.31. The number of aromatic nitrogens is 3. The van der Waals surface area contributed by atoms with E-state index in [1.807, 2.05) is 23.3 Å². The first-order chi connectivity index (χ1) is 22.6. The minimum atomic E-state index is -4.52. The molecule has 0 radical (unpaired) electrons. The van der Waals surface area contributed by atoms with E-state index in [0.29, 0.717) is 59.2 Å². The van der Waals surface area contributed by atoms with Crippen molar-refractivity contribution in [2.24, 2.45) is 0 Å². The minimum absolute atomic E-state index is 0.109. The summed E-state index contributed by atoms with van der Waals surface area (Å²) in [5, 5.41) is 8.27. The number of nitrogens with zero attached hydrogens (tertiary/aromatic N) is 4. The monoisotopic (exact) mass is 686 g/mol. The largest absolute Gasteiger partial charge is 0.493 e. The lowest BCUT2D eigenvalue weighted by atomic mass is 10.2. The SMILES string of the molecule is CCN(CCOc1cc2ncnc(Nc3nc(-c4csc(CC(=O)Nc5cccc(F)c5)c4)co3)c2cc1OC)CCOP(=O)(O)O. The van der Waals surface area contributed by atoms with Crippen molar-refractivity contribution in [3.8, 4) is 22.8 Å². The minimum Gasteiger partial charge on any atom is -0.493 e. The predicted octanol–water partition coefficient (Wildman–Crippen LogP) is 5.23. The number of phosphoric ester groups is 1. The highest BCUT2D eigenvalue weighted by atomic mass is 32.1. The van der Waals surface area contributed by atoms with E-state index in [9.17, 15) is 13.8 Å². The van der Waals surface area contributed by atoms with E-state index in [4.69, 9.17) is 23.7 Å². The van der Waals surface area contributed by atoms with E-state index in [0.717, 1.165) is 10.4 Å². The maximum atomic E-state index is 13.4. The second kappa shape index (κ2) is 15.4. The Morgan fingerprint density at radius 1 is 1.13 bits per heavy atom. The highest BCUT2D eigenvalue weighted by Crippen LogP contribution is 2.36. The number of rotatable bonds is 16. The van der Waals surface area contributed by atoms with Gasteiger partial charge in [0.15, 0.2) is 11.5 Å². The number of likely N-dealkylation sites (N-methyl/N-ethyl adjacent to an activating group) is 1. The number of fused-ring (bicyclic) bond motifs is 1. The van der Waals surface area contributed by atoms with Crippen LogP contribution >= 0.6 is 19.2 Å². The molecule has 1 amide bonds. The molecular formula is C30H32FN6O8PS. The van der Waals surface area contributed by atoms with Crippen LogP contribution in [0.4, 0.5) is 21.9 Å². The number of halogens is 1. The number of ether oxygens (including phenoxy) is 2. The molecule has 5 rings (SSSR count). The van der Waals surface area contributed by atoms with Gasteiger partial charge in [-0.25, -0.2) is 18.9 Å². The van der Waals surface area contributed by atoms with Gasteiger partial charge in [-0.3, -0.25) is 19.5 Å². The molecule has 0 atom stereocenters. The third-order valence-electron chi connectivity index (χ3n) is 6.82. The van der Waals surface area contributed by atoms with Crippen molar-refractivity contribution in [3.05, 3.63) is 71.1 Å². The van der Waals surface area contributed by atoms with Crippen LogP contribution in [0.3, 0.4) is 0 Å². The summed E-state index contributed by atoms with van der Waals surface area (Å²) < 4.78 is 46.1. The number of carbonyl (C=O) groups is 1. The molecule has 0 aliphatic carbocycles. The van der Waals surface area contributed by atoms with Crippen LogP contribution in [0.25, 0.3) is 22.2 Å². The van der Waals surface area contributed by atoms with Crippen LogP contribution in [-0.2, 0) is 20.3 Å². The van der Waals surface area contributed by atoms with Crippen molar-refractivity contribution in [2.75, 3.05) is 50.6 Å². The maximum absolute atomic E-state index is 13.4.